The average molecular weight is 334 g/mol. The van der Waals surface area contributed by atoms with Gasteiger partial charge in [-0.05, 0) is 42.8 Å². The fraction of sp³-hybridized carbons (Fsp3) is 0.0625. The van der Waals surface area contributed by atoms with E-state index >= 15 is 0 Å². The van der Waals surface area contributed by atoms with Gasteiger partial charge in [-0.2, -0.15) is 0 Å². The Bertz CT molecular complexity index is 831. The predicted molar refractivity (Wildman–Crippen MR) is 85.1 cm³/mol. The van der Waals surface area contributed by atoms with Crippen LogP contribution in [0.25, 0.3) is 6.08 Å². The predicted octanol–water partition coefficient (Wildman–Crippen LogP) is 2.16. The summed E-state index contributed by atoms with van der Waals surface area (Å²) in [6, 6.07) is 11.8. The third-order valence-electron chi connectivity index (χ3n) is 2.92. The van der Waals surface area contributed by atoms with Crippen molar-refractivity contribution in [1.29, 1.82) is 0 Å². The highest BCUT2D eigenvalue weighted by atomic mass is 32.2. The van der Waals surface area contributed by atoms with Crippen LogP contribution in [0.15, 0.2) is 59.5 Å². The summed E-state index contributed by atoms with van der Waals surface area (Å²) in [5, 5.41) is 0. The topological polar surface area (TPSA) is 75.3 Å². The van der Waals surface area contributed by atoms with Crippen molar-refractivity contribution in [3.05, 3.63) is 71.6 Å². The van der Waals surface area contributed by atoms with E-state index in [2.05, 4.69) is 5.43 Å². The Balaban J connectivity index is 1.97. The zero-order valence-corrected chi connectivity index (χ0v) is 13.1. The van der Waals surface area contributed by atoms with Gasteiger partial charge in [-0.1, -0.05) is 29.8 Å². The van der Waals surface area contributed by atoms with Gasteiger partial charge in [0.2, 0.25) is 0 Å². The summed E-state index contributed by atoms with van der Waals surface area (Å²) >= 11 is 0. The number of hydrogen-bond acceptors (Lipinski definition) is 3. The first-order valence-electron chi connectivity index (χ1n) is 6.69. The van der Waals surface area contributed by atoms with Crippen molar-refractivity contribution < 1.29 is 17.6 Å². The minimum absolute atomic E-state index is 0.0394. The fourth-order valence-corrected chi connectivity index (χ4v) is 2.56. The highest BCUT2D eigenvalue weighted by Gasteiger charge is 2.13. The summed E-state index contributed by atoms with van der Waals surface area (Å²) in [6.07, 6.45) is 2.48. The van der Waals surface area contributed by atoms with Crippen LogP contribution in [0.5, 0.6) is 0 Å². The SMILES string of the molecule is Cc1ccc(S(=O)(=O)NNC(=O)/C=C/c2cccc(F)c2)cc1. The van der Waals surface area contributed by atoms with Gasteiger partial charge in [0.15, 0.2) is 0 Å². The summed E-state index contributed by atoms with van der Waals surface area (Å²) in [7, 11) is -3.84. The van der Waals surface area contributed by atoms with E-state index in [1.807, 2.05) is 11.8 Å². The first-order valence-corrected chi connectivity index (χ1v) is 8.17. The molecule has 2 rings (SSSR count). The number of nitrogens with one attached hydrogen (secondary N) is 2. The van der Waals surface area contributed by atoms with E-state index in [1.54, 1.807) is 18.2 Å². The molecule has 0 spiro atoms. The second kappa shape index (κ2) is 7.17. The zero-order valence-electron chi connectivity index (χ0n) is 12.3. The second-order valence-corrected chi connectivity index (χ2v) is 6.48. The van der Waals surface area contributed by atoms with E-state index in [0.717, 1.165) is 11.6 Å². The van der Waals surface area contributed by atoms with Gasteiger partial charge in [0.05, 0.1) is 4.90 Å². The Morgan fingerprint density at radius 2 is 1.83 bits per heavy atom. The summed E-state index contributed by atoms with van der Waals surface area (Å²) in [5.41, 5.74) is 3.47. The molecule has 23 heavy (non-hydrogen) atoms. The number of carbonyl (C=O) groups is 1. The monoisotopic (exact) mass is 334 g/mol. The molecule has 0 radical (unpaired) electrons. The van der Waals surface area contributed by atoms with Gasteiger partial charge in [0.1, 0.15) is 5.82 Å². The lowest BCUT2D eigenvalue weighted by Gasteiger charge is -2.07. The minimum atomic E-state index is -3.84. The van der Waals surface area contributed by atoms with E-state index in [9.17, 15) is 17.6 Å². The Labute approximate surface area is 133 Å². The molecule has 120 valence electrons. The van der Waals surface area contributed by atoms with Crippen molar-refractivity contribution in [2.24, 2.45) is 0 Å². The maximum absolute atomic E-state index is 13.0. The lowest BCUT2D eigenvalue weighted by Crippen LogP contribution is -2.40. The fourth-order valence-electron chi connectivity index (χ4n) is 1.72. The Morgan fingerprint density at radius 1 is 1.13 bits per heavy atom. The van der Waals surface area contributed by atoms with E-state index in [4.69, 9.17) is 0 Å². The normalized spacial score (nSPS) is 11.6. The van der Waals surface area contributed by atoms with Crippen LogP contribution in [0.1, 0.15) is 11.1 Å². The van der Waals surface area contributed by atoms with Crippen molar-refractivity contribution in [2.45, 2.75) is 11.8 Å². The molecule has 2 aromatic carbocycles. The Morgan fingerprint density at radius 3 is 2.48 bits per heavy atom. The molecule has 0 heterocycles. The van der Waals surface area contributed by atoms with Gasteiger partial charge in [-0.15, -0.1) is 4.83 Å². The maximum Gasteiger partial charge on any atom is 0.258 e. The molecule has 0 bridgehead atoms. The number of carbonyl (C=O) groups excluding carboxylic acids is 1. The molecule has 0 unspecified atom stereocenters. The molecule has 1 amide bonds. The van der Waals surface area contributed by atoms with Gasteiger partial charge in [0, 0.05) is 6.08 Å². The smallest absolute Gasteiger partial charge is 0.258 e. The van der Waals surface area contributed by atoms with Gasteiger partial charge in [-0.3, -0.25) is 10.2 Å². The lowest BCUT2D eigenvalue weighted by molar-refractivity contribution is -0.116. The number of hydrazine groups is 1. The number of amides is 1. The van der Waals surface area contributed by atoms with Crippen molar-refractivity contribution in [3.8, 4) is 0 Å². The molecule has 0 saturated heterocycles. The van der Waals surface area contributed by atoms with E-state index < -0.39 is 21.7 Å². The van der Waals surface area contributed by atoms with Crippen molar-refractivity contribution >= 4 is 22.0 Å². The van der Waals surface area contributed by atoms with Crippen LogP contribution in [0.3, 0.4) is 0 Å². The third-order valence-corrected chi connectivity index (χ3v) is 4.18. The molecule has 0 fully saturated rings. The van der Waals surface area contributed by atoms with E-state index in [0.29, 0.717) is 5.56 Å². The van der Waals surface area contributed by atoms with Gasteiger partial charge < -0.3 is 0 Å². The number of halogens is 1. The van der Waals surface area contributed by atoms with Crippen molar-refractivity contribution in [2.75, 3.05) is 0 Å². The first kappa shape index (κ1) is 16.9. The lowest BCUT2D eigenvalue weighted by atomic mass is 10.2. The summed E-state index contributed by atoms with van der Waals surface area (Å²) in [6.45, 7) is 1.84. The van der Waals surface area contributed by atoms with Gasteiger partial charge in [0.25, 0.3) is 15.9 Å². The van der Waals surface area contributed by atoms with Crippen molar-refractivity contribution in [1.82, 2.24) is 10.3 Å². The number of sulfonamides is 1. The Kier molecular flexibility index (Phi) is 5.25. The minimum Gasteiger partial charge on any atom is -0.274 e. The quantitative estimate of drug-likeness (QED) is 0.650. The second-order valence-electron chi connectivity index (χ2n) is 4.80. The summed E-state index contributed by atoms with van der Waals surface area (Å²) in [4.78, 5) is 13.6. The number of hydrogen-bond donors (Lipinski definition) is 2. The molecule has 7 heteroatoms. The highest BCUT2D eigenvalue weighted by molar-refractivity contribution is 7.89. The van der Waals surface area contributed by atoms with Crippen LogP contribution in [-0.2, 0) is 14.8 Å². The highest BCUT2D eigenvalue weighted by Crippen LogP contribution is 2.09. The van der Waals surface area contributed by atoms with Gasteiger partial charge >= 0.3 is 0 Å². The molecule has 2 N–H and O–H groups in total. The van der Waals surface area contributed by atoms with Crippen LogP contribution >= 0.6 is 0 Å². The average Bonchev–Trinajstić information content (AvgIpc) is 2.51. The van der Waals surface area contributed by atoms with Crippen molar-refractivity contribution in [3.63, 3.8) is 0 Å². The molecule has 2 aromatic rings. The molecule has 0 aromatic heterocycles. The van der Waals surface area contributed by atoms with Crippen LogP contribution in [-0.4, -0.2) is 14.3 Å². The standard InChI is InChI=1S/C16H15FN2O3S/c1-12-5-8-15(9-6-12)23(21,22)19-18-16(20)10-7-13-3-2-4-14(17)11-13/h2-11,19H,1H3,(H,18,20)/b10-7+. The van der Waals surface area contributed by atoms with Crippen LogP contribution in [0, 0.1) is 12.7 Å². The first-order chi connectivity index (χ1) is 10.9. The van der Waals surface area contributed by atoms with Gasteiger partial charge in [-0.25, -0.2) is 12.8 Å². The Hall–Kier alpha value is -2.51. The molecule has 0 aliphatic carbocycles. The third kappa shape index (κ3) is 5.01. The zero-order chi connectivity index (χ0) is 16.9. The van der Waals surface area contributed by atoms with E-state index in [-0.39, 0.29) is 4.90 Å². The maximum atomic E-state index is 13.0. The van der Waals surface area contributed by atoms with Crippen LogP contribution in [0.4, 0.5) is 4.39 Å². The molecular formula is C16H15FN2O3S. The molecular weight excluding hydrogens is 319 g/mol. The summed E-state index contributed by atoms with van der Waals surface area (Å²) in [5.74, 6) is -1.10. The summed E-state index contributed by atoms with van der Waals surface area (Å²) < 4.78 is 36.9. The number of aryl methyl sites for hydroxylation is 1. The largest absolute Gasteiger partial charge is 0.274 e. The number of rotatable bonds is 5. The van der Waals surface area contributed by atoms with Crippen LogP contribution in [0.2, 0.25) is 0 Å². The number of benzene rings is 2. The van der Waals surface area contributed by atoms with Crippen LogP contribution < -0.4 is 10.3 Å². The molecule has 0 aliphatic heterocycles. The molecule has 0 atom stereocenters. The van der Waals surface area contributed by atoms with E-state index in [1.165, 1.54) is 36.4 Å². The molecule has 0 aliphatic rings. The molecule has 5 nitrogen and oxygen atoms in total. The molecule has 0 saturated carbocycles.